The summed E-state index contributed by atoms with van der Waals surface area (Å²) in [5.41, 5.74) is 1.43. The van der Waals surface area contributed by atoms with E-state index < -0.39 is 0 Å². The Hall–Kier alpha value is -0.670. The number of hydrogen-bond acceptors (Lipinski definition) is 2. The highest BCUT2D eigenvalue weighted by Crippen LogP contribution is 2.38. The zero-order valence-electron chi connectivity index (χ0n) is 12.2. The van der Waals surface area contributed by atoms with Crippen LogP contribution < -0.4 is 5.32 Å². The summed E-state index contributed by atoms with van der Waals surface area (Å²) in [5, 5.41) is 3.20. The van der Waals surface area contributed by atoms with Gasteiger partial charge in [-0.25, -0.2) is 0 Å². The van der Waals surface area contributed by atoms with E-state index in [1.165, 1.54) is 29.7 Å². The fourth-order valence-electron chi connectivity index (χ4n) is 3.38. The van der Waals surface area contributed by atoms with Gasteiger partial charge < -0.3 is 5.32 Å². The van der Waals surface area contributed by atoms with Gasteiger partial charge in [-0.15, -0.1) is 23.4 Å². The Morgan fingerprint density at radius 1 is 1.29 bits per heavy atom. The van der Waals surface area contributed by atoms with Crippen LogP contribution in [0.5, 0.6) is 0 Å². The van der Waals surface area contributed by atoms with Crippen LogP contribution in [0.2, 0.25) is 0 Å². The van der Waals surface area contributed by atoms with E-state index >= 15 is 0 Å². The number of benzene rings is 1. The molecule has 21 heavy (non-hydrogen) atoms. The van der Waals surface area contributed by atoms with Gasteiger partial charge in [-0.1, -0.05) is 37.5 Å². The van der Waals surface area contributed by atoms with Crippen LogP contribution in [0.15, 0.2) is 29.2 Å². The Balaban J connectivity index is 1.55. The number of hydrogen-bond donors (Lipinski definition) is 1. The van der Waals surface area contributed by atoms with Gasteiger partial charge in [0.25, 0.3) is 0 Å². The molecule has 0 bridgehead atoms. The second-order valence-corrected chi connectivity index (χ2v) is 7.84. The van der Waals surface area contributed by atoms with Crippen molar-refractivity contribution in [3.05, 3.63) is 29.8 Å². The van der Waals surface area contributed by atoms with Crippen LogP contribution in [0.3, 0.4) is 0 Å². The molecule has 114 valence electrons. The van der Waals surface area contributed by atoms with Gasteiger partial charge in [0.15, 0.2) is 0 Å². The van der Waals surface area contributed by atoms with Crippen LogP contribution in [0.4, 0.5) is 0 Å². The van der Waals surface area contributed by atoms with E-state index in [1.807, 2.05) is 12.1 Å². The van der Waals surface area contributed by atoms with Crippen molar-refractivity contribution in [2.24, 2.45) is 5.41 Å². The molecular weight excluding hydrogens is 302 g/mol. The van der Waals surface area contributed by atoms with Crippen LogP contribution in [0.1, 0.15) is 37.7 Å². The van der Waals surface area contributed by atoms with E-state index in [1.54, 1.807) is 11.8 Å². The predicted molar refractivity (Wildman–Crippen MR) is 89.0 cm³/mol. The highest BCUT2D eigenvalue weighted by molar-refractivity contribution is 8.01. The number of alkyl halides is 1. The van der Waals surface area contributed by atoms with Crippen molar-refractivity contribution >= 4 is 29.3 Å². The van der Waals surface area contributed by atoms with E-state index in [2.05, 4.69) is 17.4 Å². The van der Waals surface area contributed by atoms with Gasteiger partial charge in [0.05, 0.1) is 5.25 Å². The monoisotopic (exact) mass is 323 g/mol. The Morgan fingerprint density at radius 2 is 2.05 bits per heavy atom. The van der Waals surface area contributed by atoms with Crippen molar-refractivity contribution in [3.63, 3.8) is 0 Å². The molecule has 1 saturated carbocycles. The number of rotatable bonds is 4. The summed E-state index contributed by atoms with van der Waals surface area (Å²) in [5.74, 6) is 0.831. The van der Waals surface area contributed by atoms with Gasteiger partial charge in [0, 0.05) is 22.7 Å². The molecule has 0 spiro atoms. The largest absolute Gasteiger partial charge is 0.355 e. The minimum absolute atomic E-state index is 0.0263. The first kappa shape index (κ1) is 15.2. The lowest BCUT2D eigenvalue weighted by atomic mass is 9.75. The van der Waals surface area contributed by atoms with E-state index in [0.29, 0.717) is 5.88 Å². The number of carbonyl (C=O) groups excluding carboxylic acids is 1. The molecule has 0 radical (unpaired) electrons. The second-order valence-electron chi connectivity index (χ2n) is 6.33. The van der Waals surface area contributed by atoms with E-state index in [9.17, 15) is 4.79 Å². The molecule has 1 N–H and O–H groups in total. The van der Waals surface area contributed by atoms with E-state index in [-0.39, 0.29) is 16.6 Å². The molecule has 1 amide bonds. The number of carbonyl (C=O) groups is 1. The number of nitrogens with one attached hydrogen (secondary N) is 1. The molecule has 1 unspecified atom stereocenters. The van der Waals surface area contributed by atoms with Gasteiger partial charge in [0.2, 0.25) is 5.91 Å². The first-order valence-electron chi connectivity index (χ1n) is 7.81. The third-order valence-electron chi connectivity index (χ3n) is 4.77. The van der Waals surface area contributed by atoms with Gasteiger partial charge >= 0.3 is 0 Å². The van der Waals surface area contributed by atoms with Gasteiger partial charge in [-0.05, 0) is 30.9 Å². The molecule has 2 aliphatic rings. The molecule has 4 heteroatoms. The molecule has 1 atom stereocenters. The zero-order valence-corrected chi connectivity index (χ0v) is 13.8. The number of thioether (sulfide) groups is 1. The zero-order chi connectivity index (χ0) is 14.7. The van der Waals surface area contributed by atoms with Crippen molar-refractivity contribution in [2.45, 2.75) is 48.7 Å². The summed E-state index contributed by atoms with van der Waals surface area (Å²) in [6.45, 7) is 0.739. The van der Waals surface area contributed by atoms with E-state index in [4.69, 9.17) is 11.6 Å². The van der Waals surface area contributed by atoms with Gasteiger partial charge in [-0.3, -0.25) is 4.79 Å². The molecule has 1 aliphatic carbocycles. The fraction of sp³-hybridized carbons (Fsp3) is 0.588. The van der Waals surface area contributed by atoms with Crippen molar-refractivity contribution in [2.75, 3.05) is 12.4 Å². The second kappa shape index (κ2) is 6.62. The summed E-state index contributed by atoms with van der Waals surface area (Å²) in [6, 6.07) is 8.31. The Labute approximate surface area is 136 Å². The van der Waals surface area contributed by atoms with Crippen LogP contribution in [0.25, 0.3) is 0 Å². The summed E-state index contributed by atoms with van der Waals surface area (Å²) in [7, 11) is 0. The van der Waals surface area contributed by atoms with E-state index in [0.717, 1.165) is 25.8 Å². The maximum Gasteiger partial charge on any atom is 0.233 e. The third-order valence-corrected chi connectivity index (χ3v) is 6.66. The number of fused-ring (bicyclic) bond motifs is 1. The topological polar surface area (TPSA) is 29.1 Å². The van der Waals surface area contributed by atoms with Crippen LogP contribution >= 0.6 is 23.4 Å². The van der Waals surface area contributed by atoms with Crippen LogP contribution in [0, 0.1) is 5.41 Å². The van der Waals surface area contributed by atoms with Gasteiger partial charge in [0.1, 0.15) is 0 Å². The normalized spacial score (nSPS) is 23.6. The molecule has 1 aromatic carbocycles. The van der Waals surface area contributed by atoms with Crippen molar-refractivity contribution < 1.29 is 4.79 Å². The Kier molecular flexibility index (Phi) is 4.80. The Bertz CT molecular complexity index is 488. The van der Waals surface area contributed by atoms with Crippen molar-refractivity contribution in [1.29, 1.82) is 0 Å². The summed E-state index contributed by atoms with van der Waals surface area (Å²) in [4.78, 5) is 13.7. The smallest absolute Gasteiger partial charge is 0.233 e. The molecule has 1 heterocycles. The van der Waals surface area contributed by atoms with Crippen molar-refractivity contribution in [1.82, 2.24) is 5.32 Å². The summed E-state index contributed by atoms with van der Waals surface area (Å²) < 4.78 is 0. The molecule has 0 aromatic heterocycles. The standard InChI is InChI=1S/C17H22ClNOS/c18-11-17(8-4-1-5-9-17)12-19-16(20)15-10-13-6-2-3-7-14(13)21-15/h2-3,6-7,15H,1,4-5,8-12H2,(H,19,20). The lowest BCUT2D eigenvalue weighted by molar-refractivity contribution is -0.121. The highest BCUT2D eigenvalue weighted by atomic mass is 35.5. The maximum atomic E-state index is 12.4. The molecule has 1 aromatic rings. The first-order valence-corrected chi connectivity index (χ1v) is 9.22. The summed E-state index contributed by atoms with van der Waals surface area (Å²) >= 11 is 7.89. The highest BCUT2D eigenvalue weighted by Gasteiger charge is 2.33. The molecule has 0 saturated heterocycles. The van der Waals surface area contributed by atoms with Crippen molar-refractivity contribution in [3.8, 4) is 0 Å². The minimum Gasteiger partial charge on any atom is -0.355 e. The van der Waals surface area contributed by atoms with Crippen LogP contribution in [-0.2, 0) is 11.2 Å². The molecular formula is C17H22ClNOS. The third kappa shape index (κ3) is 3.40. The SMILES string of the molecule is O=C(NCC1(CCl)CCCCC1)C1Cc2ccccc2S1. The number of amides is 1. The predicted octanol–water partition coefficient (Wildman–Crippen LogP) is 4.01. The van der Waals surface area contributed by atoms with Gasteiger partial charge in [-0.2, -0.15) is 0 Å². The molecule has 2 nitrogen and oxygen atoms in total. The minimum atomic E-state index is 0.0263. The molecule has 1 fully saturated rings. The lowest BCUT2D eigenvalue weighted by Crippen LogP contribution is -2.43. The molecule has 1 aliphatic heterocycles. The summed E-state index contributed by atoms with van der Waals surface area (Å²) in [6.07, 6.45) is 6.93. The fourth-order valence-corrected chi connectivity index (χ4v) is 4.96. The quantitative estimate of drug-likeness (QED) is 0.848. The average molecular weight is 324 g/mol. The average Bonchev–Trinajstić information content (AvgIpc) is 2.97. The Morgan fingerprint density at radius 3 is 2.76 bits per heavy atom. The number of halogens is 1. The first-order chi connectivity index (χ1) is 10.2. The maximum absolute atomic E-state index is 12.4. The molecule has 3 rings (SSSR count). The van der Waals surface area contributed by atoms with Crippen LogP contribution in [-0.4, -0.2) is 23.6 Å². The lowest BCUT2D eigenvalue weighted by Gasteiger charge is -2.35.